The molecular weight excluding hydrogens is 452 g/mol. The molecule has 192 valence electrons. The molecule has 0 fully saturated rings. The van der Waals surface area contributed by atoms with E-state index in [2.05, 4.69) is 0 Å². The van der Waals surface area contributed by atoms with Gasteiger partial charge in [-0.15, -0.1) is 0 Å². The first kappa shape index (κ1) is 30.0. The Labute approximate surface area is 198 Å². The first-order valence-corrected chi connectivity index (χ1v) is 11.7. The van der Waals surface area contributed by atoms with Crippen molar-refractivity contribution in [2.75, 3.05) is 26.4 Å². The van der Waals surface area contributed by atoms with E-state index in [1.807, 2.05) is 0 Å². The van der Waals surface area contributed by atoms with Crippen molar-refractivity contribution in [3.05, 3.63) is 70.8 Å². The molecule has 2 rings (SSSR count). The first-order valence-electron chi connectivity index (χ1n) is 11.7. The summed E-state index contributed by atoms with van der Waals surface area (Å²) >= 11 is 0. The second kappa shape index (κ2) is 17.4. The molecule has 4 N–H and O–H groups in total. The van der Waals surface area contributed by atoms with E-state index in [-0.39, 0.29) is 38.3 Å². The van der Waals surface area contributed by atoms with Gasteiger partial charge in [-0.3, -0.25) is 0 Å². The van der Waals surface area contributed by atoms with Gasteiger partial charge in [-0.25, -0.2) is 17.6 Å². The van der Waals surface area contributed by atoms with Crippen molar-refractivity contribution in [2.45, 2.75) is 51.4 Å². The molecule has 0 aliphatic carbocycles. The van der Waals surface area contributed by atoms with Gasteiger partial charge < -0.3 is 20.4 Å². The third-order valence-corrected chi connectivity index (χ3v) is 5.57. The first-order chi connectivity index (χ1) is 16.3. The highest BCUT2D eigenvalue weighted by Crippen LogP contribution is 2.18. The van der Waals surface area contributed by atoms with Crippen LogP contribution in [0.15, 0.2) is 36.4 Å². The van der Waals surface area contributed by atoms with E-state index in [0.717, 1.165) is 37.8 Å². The number of hydrogen-bond donors (Lipinski definition) is 4. The maximum atomic E-state index is 13.0. The summed E-state index contributed by atoms with van der Waals surface area (Å²) in [6.07, 6.45) is 5.66. The second-order valence-corrected chi connectivity index (χ2v) is 8.44. The van der Waals surface area contributed by atoms with Crippen molar-refractivity contribution in [2.24, 2.45) is 11.8 Å². The number of benzene rings is 2. The number of unbranched alkanes of at least 4 members (excludes halogenated alkanes) is 2. The fourth-order valence-electron chi connectivity index (χ4n) is 3.61. The van der Waals surface area contributed by atoms with Crippen LogP contribution < -0.4 is 0 Å². The molecule has 0 aliphatic rings. The highest BCUT2D eigenvalue weighted by Gasteiger charge is 2.11. The van der Waals surface area contributed by atoms with Crippen LogP contribution in [-0.4, -0.2) is 46.9 Å². The summed E-state index contributed by atoms with van der Waals surface area (Å²) in [5, 5.41) is 35.7. The highest BCUT2D eigenvalue weighted by atomic mass is 19.2. The molecule has 2 aromatic rings. The molecule has 0 amide bonds. The Morgan fingerprint density at radius 3 is 1.21 bits per heavy atom. The minimum atomic E-state index is -0.852. The number of halogens is 4. The molecule has 4 nitrogen and oxygen atoms in total. The number of aliphatic hydroxyl groups excluding tert-OH is 4. The zero-order valence-corrected chi connectivity index (χ0v) is 19.4. The summed E-state index contributed by atoms with van der Waals surface area (Å²) < 4.78 is 51.4. The van der Waals surface area contributed by atoms with Crippen molar-refractivity contribution in [1.82, 2.24) is 0 Å². The van der Waals surface area contributed by atoms with Crippen LogP contribution in [0, 0.1) is 35.1 Å². The Morgan fingerprint density at radius 1 is 0.529 bits per heavy atom. The maximum absolute atomic E-state index is 13.0. The zero-order valence-electron chi connectivity index (χ0n) is 19.4. The lowest BCUT2D eigenvalue weighted by Crippen LogP contribution is -2.10. The van der Waals surface area contributed by atoms with Crippen LogP contribution in [0.1, 0.15) is 49.7 Å². The average molecular weight is 489 g/mol. The normalized spacial score (nSPS) is 12.7. The minimum Gasteiger partial charge on any atom is -0.396 e. The lowest BCUT2D eigenvalue weighted by atomic mass is 9.95. The summed E-state index contributed by atoms with van der Waals surface area (Å²) in [5.74, 6) is -3.34. The number of hydrogen-bond acceptors (Lipinski definition) is 4. The topological polar surface area (TPSA) is 80.9 Å². The monoisotopic (exact) mass is 488 g/mol. The van der Waals surface area contributed by atoms with Crippen molar-refractivity contribution in [1.29, 1.82) is 0 Å². The molecule has 0 radical (unpaired) electrons. The minimum absolute atomic E-state index is 0.0183. The summed E-state index contributed by atoms with van der Waals surface area (Å²) in [6, 6.07) is 7.62. The van der Waals surface area contributed by atoms with E-state index < -0.39 is 23.3 Å². The van der Waals surface area contributed by atoms with Crippen molar-refractivity contribution in [3.63, 3.8) is 0 Å². The van der Waals surface area contributed by atoms with Gasteiger partial charge in [0.25, 0.3) is 0 Å². The van der Waals surface area contributed by atoms with Gasteiger partial charge in [-0.1, -0.05) is 25.0 Å². The molecular formula is C26H36F4O4. The SMILES string of the molecule is OCCCC[C@@H](CO)Cc1ccc(F)c(F)c1.OCCCC[C@H](CO)Cc1ccc(F)c(F)c1. The molecule has 0 unspecified atom stereocenters. The smallest absolute Gasteiger partial charge is 0.159 e. The van der Waals surface area contributed by atoms with Crippen molar-refractivity contribution < 1.29 is 38.0 Å². The third kappa shape index (κ3) is 11.9. The van der Waals surface area contributed by atoms with E-state index in [1.165, 1.54) is 24.3 Å². The van der Waals surface area contributed by atoms with Crippen molar-refractivity contribution >= 4 is 0 Å². The van der Waals surface area contributed by atoms with Crippen LogP contribution in [0.25, 0.3) is 0 Å². The summed E-state index contributed by atoms with van der Waals surface area (Å²) in [6.45, 7) is 0.321. The van der Waals surface area contributed by atoms with Crippen LogP contribution >= 0.6 is 0 Å². The molecule has 2 atom stereocenters. The molecule has 0 spiro atoms. The largest absolute Gasteiger partial charge is 0.396 e. The molecule has 8 heteroatoms. The summed E-state index contributed by atoms with van der Waals surface area (Å²) in [4.78, 5) is 0. The van der Waals surface area contributed by atoms with Gasteiger partial charge in [0.15, 0.2) is 23.3 Å². The van der Waals surface area contributed by atoms with E-state index >= 15 is 0 Å². The van der Waals surface area contributed by atoms with Gasteiger partial charge in [0.1, 0.15) is 0 Å². The summed E-state index contributed by atoms with van der Waals surface area (Å²) in [7, 11) is 0. The van der Waals surface area contributed by atoms with Crippen LogP contribution in [-0.2, 0) is 12.8 Å². The van der Waals surface area contributed by atoms with Crippen LogP contribution in [0.5, 0.6) is 0 Å². The molecule has 0 heterocycles. The van der Waals surface area contributed by atoms with Gasteiger partial charge in [0.2, 0.25) is 0 Å². The van der Waals surface area contributed by atoms with E-state index in [4.69, 9.17) is 10.2 Å². The fourth-order valence-corrected chi connectivity index (χ4v) is 3.61. The molecule has 2 aromatic carbocycles. The lowest BCUT2D eigenvalue weighted by Gasteiger charge is -2.13. The van der Waals surface area contributed by atoms with Gasteiger partial charge in [-0.2, -0.15) is 0 Å². The van der Waals surface area contributed by atoms with Crippen molar-refractivity contribution in [3.8, 4) is 0 Å². The molecule has 34 heavy (non-hydrogen) atoms. The van der Waals surface area contributed by atoms with Crippen LogP contribution in [0.4, 0.5) is 17.6 Å². The molecule has 0 aromatic heterocycles. The van der Waals surface area contributed by atoms with Gasteiger partial charge >= 0.3 is 0 Å². The predicted octanol–water partition coefficient (Wildman–Crippen LogP) is 4.56. The zero-order chi connectivity index (χ0) is 25.3. The molecule has 0 aliphatic heterocycles. The van der Waals surface area contributed by atoms with E-state index in [9.17, 15) is 27.8 Å². The Hall–Kier alpha value is -2.00. The van der Waals surface area contributed by atoms with Crippen LogP contribution in [0.3, 0.4) is 0 Å². The average Bonchev–Trinajstić information content (AvgIpc) is 2.83. The summed E-state index contributed by atoms with van der Waals surface area (Å²) in [5.41, 5.74) is 1.37. The number of rotatable bonds is 14. The Morgan fingerprint density at radius 2 is 0.912 bits per heavy atom. The molecule has 0 saturated heterocycles. The Balaban J connectivity index is 0.000000340. The quantitative estimate of drug-likeness (QED) is 0.232. The van der Waals surface area contributed by atoms with Crippen LogP contribution in [0.2, 0.25) is 0 Å². The molecule has 0 saturated carbocycles. The fraction of sp³-hybridized carbons (Fsp3) is 0.538. The Bertz CT molecular complexity index is 752. The van der Waals surface area contributed by atoms with Gasteiger partial charge in [-0.05, 0) is 85.8 Å². The predicted molar refractivity (Wildman–Crippen MR) is 123 cm³/mol. The highest BCUT2D eigenvalue weighted by molar-refractivity contribution is 5.19. The van der Waals surface area contributed by atoms with Gasteiger partial charge in [0.05, 0.1) is 0 Å². The standard InChI is InChI=1S/2C13H18F2O2/c2*14-12-5-4-10(8-13(12)15)7-11(9-17)3-1-2-6-16/h2*4-5,8,11,16-17H,1-3,6-7,9H2/t2*11-/m10/s1. The third-order valence-electron chi connectivity index (χ3n) is 5.57. The second-order valence-electron chi connectivity index (χ2n) is 8.44. The van der Waals surface area contributed by atoms with E-state index in [1.54, 1.807) is 0 Å². The molecule has 0 bridgehead atoms. The van der Waals surface area contributed by atoms with E-state index in [0.29, 0.717) is 36.8 Å². The van der Waals surface area contributed by atoms with Gasteiger partial charge in [0, 0.05) is 26.4 Å². The Kier molecular flexibility index (Phi) is 15.4. The lowest BCUT2D eigenvalue weighted by molar-refractivity contribution is 0.209. The maximum Gasteiger partial charge on any atom is 0.159 e. The number of aliphatic hydroxyl groups is 4.